The first-order valence-corrected chi connectivity index (χ1v) is 9.43. The highest BCUT2D eigenvalue weighted by Gasteiger charge is 2.40. The molecule has 1 aromatic rings. The fraction of sp³-hybridized carbons (Fsp3) is 0.600. The van der Waals surface area contributed by atoms with E-state index in [2.05, 4.69) is 5.32 Å². The summed E-state index contributed by atoms with van der Waals surface area (Å²) in [6.07, 6.45) is 5.93. The van der Waals surface area contributed by atoms with Gasteiger partial charge in [0.15, 0.2) is 0 Å². The molecule has 0 spiro atoms. The van der Waals surface area contributed by atoms with Crippen LogP contribution in [-0.2, 0) is 4.79 Å². The van der Waals surface area contributed by atoms with Gasteiger partial charge in [-0.1, -0.05) is 25.5 Å². The van der Waals surface area contributed by atoms with Crippen molar-refractivity contribution in [2.75, 3.05) is 11.9 Å². The van der Waals surface area contributed by atoms with Crippen LogP contribution >= 0.6 is 12.4 Å². The molecule has 2 fully saturated rings. The van der Waals surface area contributed by atoms with Crippen LogP contribution in [0.2, 0.25) is 0 Å². The molecule has 2 aliphatic carbocycles. The van der Waals surface area contributed by atoms with Gasteiger partial charge >= 0.3 is 0 Å². The number of rotatable bonds is 4. The summed E-state index contributed by atoms with van der Waals surface area (Å²) in [4.78, 5) is 26.6. The molecular formula is C20H30ClN3O2. The fourth-order valence-electron chi connectivity index (χ4n) is 4.58. The minimum atomic E-state index is -0.0799. The molecule has 6 heteroatoms. The van der Waals surface area contributed by atoms with Gasteiger partial charge in [0.2, 0.25) is 5.91 Å². The molecule has 26 heavy (non-hydrogen) atoms. The summed E-state index contributed by atoms with van der Waals surface area (Å²) >= 11 is 0. The van der Waals surface area contributed by atoms with Gasteiger partial charge in [0.25, 0.3) is 5.91 Å². The number of nitrogens with two attached hydrogens (primary N) is 1. The molecule has 0 saturated heterocycles. The molecule has 2 atom stereocenters. The van der Waals surface area contributed by atoms with Gasteiger partial charge in [-0.25, -0.2) is 0 Å². The number of carbonyl (C=O) groups excluding carboxylic acids is 2. The number of nitrogens with zero attached hydrogens (tertiary/aromatic N) is 1. The largest absolute Gasteiger partial charge is 0.349 e. The lowest BCUT2D eigenvalue weighted by atomic mass is 9.67. The van der Waals surface area contributed by atoms with E-state index in [-0.39, 0.29) is 36.3 Å². The molecule has 144 valence electrons. The van der Waals surface area contributed by atoms with E-state index in [0.717, 1.165) is 25.7 Å². The zero-order valence-corrected chi connectivity index (χ0v) is 16.4. The van der Waals surface area contributed by atoms with Crippen LogP contribution in [0.5, 0.6) is 0 Å². The number of para-hydroxylation sites is 1. The highest BCUT2D eigenvalue weighted by atomic mass is 35.5. The molecule has 0 aliphatic heterocycles. The van der Waals surface area contributed by atoms with Crippen LogP contribution in [0.3, 0.4) is 0 Å². The average Bonchev–Trinajstić information content (AvgIpc) is 2.61. The number of amides is 2. The molecular weight excluding hydrogens is 350 g/mol. The first kappa shape index (κ1) is 20.7. The highest BCUT2D eigenvalue weighted by molar-refractivity contribution is 6.04. The van der Waals surface area contributed by atoms with E-state index in [1.54, 1.807) is 18.0 Å². The Morgan fingerprint density at radius 1 is 1.19 bits per heavy atom. The van der Waals surface area contributed by atoms with E-state index in [1.165, 1.54) is 6.42 Å². The highest BCUT2D eigenvalue weighted by Crippen LogP contribution is 2.40. The average molecular weight is 380 g/mol. The Labute approximate surface area is 162 Å². The number of hydrogen-bond donors (Lipinski definition) is 2. The van der Waals surface area contributed by atoms with Crippen molar-refractivity contribution >= 4 is 29.9 Å². The SMILES string of the molecule is CCC(=O)N(C)c1ccccc1C(=O)NC1C2CCCC1CC(N)C2.Cl. The van der Waals surface area contributed by atoms with Crippen LogP contribution < -0.4 is 16.0 Å². The Kier molecular flexibility index (Phi) is 7.07. The Morgan fingerprint density at radius 2 is 1.81 bits per heavy atom. The van der Waals surface area contributed by atoms with Gasteiger partial charge in [-0.05, 0) is 49.7 Å². The third-order valence-electron chi connectivity index (χ3n) is 5.86. The summed E-state index contributed by atoms with van der Waals surface area (Å²) in [5.74, 6) is 0.881. The number of fused-ring (bicyclic) bond motifs is 2. The van der Waals surface area contributed by atoms with Gasteiger partial charge in [-0.2, -0.15) is 0 Å². The molecule has 0 radical (unpaired) electrons. The van der Waals surface area contributed by atoms with Crippen molar-refractivity contribution < 1.29 is 9.59 Å². The van der Waals surface area contributed by atoms with Gasteiger partial charge in [-0.15, -0.1) is 12.4 Å². The van der Waals surface area contributed by atoms with E-state index in [1.807, 2.05) is 25.1 Å². The molecule has 3 rings (SSSR count). The molecule has 2 saturated carbocycles. The summed E-state index contributed by atoms with van der Waals surface area (Å²) in [5.41, 5.74) is 7.42. The van der Waals surface area contributed by atoms with Crippen LogP contribution in [0.4, 0.5) is 5.69 Å². The van der Waals surface area contributed by atoms with Gasteiger partial charge in [0.05, 0.1) is 11.3 Å². The molecule has 2 unspecified atom stereocenters. The van der Waals surface area contributed by atoms with Gasteiger partial charge < -0.3 is 16.0 Å². The Bertz CT molecular complexity index is 638. The second-order valence-corrected chi connectivity index (χ2v) is 7.51. The minimum Gasteiger partial charge on any atom is -0.349 e. The van der Waals surface area contributed by atoms with Crippen LogP contribution in [0.1, 0.15) is 55.8 Å². The van der Waals surface area contributed by atoms with Gasteiger partial charge in [0.1, 0.15) is 0 Å². The number of anilines is 1. The fourth-order valence-corrected chi connectivity index (χ4v) is 4.58. The number of carbonyl (C=O) groups is 2. The predicted molar refractivity (Wildman–Crippen MR) is 107 cm³/mol. The number of hydrogen-bond acceptors (Lipinski definition) is 3. The number of benzene rings is 1. The lowest BCUT2D eigenvalue weighted by molar-refractivity contribution is -0.118. The molecule has 2 bridgehead atoms. The first-order chi connectivity index (χ1) is 12.0. The monoisotopic (exact) mass is 379 g/mol. The van der Waals surface area contributed by atoms with Crippen LogP contribution in [0.15, 0.2) is 24.3 Å². The second-order valence-electron chi connectivity index (χ2n) is 7.51. The zero-order valence-electron chi connectivity index (χ0n) is 15.6. The predicted octanol–water partition coefficient (Wildman–Crippen LogP) is 3.12. The van der Waals surface area contributed by atoms with E-state index < -0.39 is 0 Å². The lowest BCUT2D eigenvalue weighted by Gasteiger charge is -2.45. The number of nitrogens with one attached hydrogen (secondary N) is 1. The van der Waals surface area contributed by atoms with Crippen molar-refractivity contribution in [3.05, 3.63) is 29.8 Å². The van der Waals surface area contributed by atoms with E-state index >= 15 is 0 Å². The normalized spacial score (nSPS) is 27.2. The van der Waals surface area contributed by atoms with Gasteiger partial charge in [-0.3, -0.25) is 9.59 Å². The lowest BCUT2D eigenvalue weighted by Crippen LogP contribution is -2.53. The maximum absolute atomic E-state index is 13.0. The third-order valence-corrected chi connectivity index (χ3v) is 5.86. The molecule has 0 aromatic heterocycles. The summed E-state index contributed by atoms with van der Waals surface area (Å²) in [6.45, 7) is 1.83. The summed E-state index contributed by atoms with van der Waals surface area (Å²) in [6, 6.07) is 7.82. The summed E-state index contributed by atoms with van der Waals surface area (Å²) < 4.78 is 0. The second kappa shape index (κ2) is 8.87. The summed E-state index contributed by atoms with van der Waals surface area (Å²) in [5, 5.41) is 3.28. The maximum atomic E-state index is 13.0. The van der Waals surface area contributed by atoms with E-state index in [0.29, 0.717) is 29.5 Å². The number of halogens is 1. The van der Waals surface area contributed by atoms with Crippen LogP contribution in [-0.4, -0.2) is 30.9 Å². The minimum absolute atomic E-state index is 0. The topological polar surface area (TPSA) is 75.4 Å². The molecule has 5 nitrogen and oxygen atoms in total. The Morgan fingerprint density at radius 3 is 2.42 bits per heavy atom. The van der Waals surface area contributed by atoms with Gasteiger partial charge in [0, 0.05) is 25.6 Å². The smallest absolute Gasteiger partial charge is 0.253 e. The third kappa shape index (κ3) is 4.21. The molecule has 2 amide bonds. The van der Waals surface area contributed by atoms with Crippen molar-refractivity contribution in [3.63, 3.8) is 0 Å². The first-order valence-electron chi connectivity index (χ1n) is 9.43. The quantitative estimate of drug-likeness (QED) is 0.843. The standard InChI is InChI=1S/C20H29N3O2.ClH/c1-3-18(24)23(2)17-10-5-4-9-16(17)20(25)22-19-13-7-6-8-14(19)12-15(21)11-13;/h4-5,9-10,13-15,19H,3,6-8,11-12,21H2,1-2H3,(H,22,25);1H. The van der Waals surface area contributed by atoms with E-state index in [9.17, 15) is 9.59 Å². The Balaban J connectivity index is 0.00000243. The van der Waals surface area contributed by atoms with Crippen molar-refractivity contribution in [1.29, 1.82) is 0 Å². The zero-order chi connectivity index (χ0) is 18.0. The van der Waals surface area contributed by atoms with Crippen LogP contribution in [0, 0.1) is 11.8 Å². The van der Waals surface area contributed by atoms with Crippen molar-refractivity contribution in [1.82, 2.24) is 5.32 Å². The van der Waals surface area contributed by atoms with E-state index in [4.69, 9.17) is 5.73 Å². The van der Waals surface area contributed by atoms with Crippen molar-refractivity contribution in [2.45, 2.75) is 57.5 Å². The summed E-state index contributed by atoms with van der Waals surface area (Å²) in [7, 11) is 1.73. The maximum Gasteiger partial charge on any atom is 0.253 e. The molecule has 1 aromatic carbocycles. The molecule has 0 heterocycles. The molecule has 2 aliphatic rings. The Hall–Kier alpha value is -1.59. The van der Waals surface area contributed by atoms with Crippen molar-refractivity contribution in [2.24, 2.45) is 17.6 Å². The molecule has 3 N–H and O–H groups in total. The van der Waals surface area contributed by atoms with Crippen molar-refractivity contribution in [3.8, 4) is 0 Å². The van der Waals surface area contributed by atoms with Crippen LogP contribution in [0.25, 0.3) is 0 Å².